The molecule has 0 radical (unpaired) electrons. The van der Waals surface area contributed by atoms with Gasteiger partial charge >= 0.3 is 5.97 Å². The van der Waals surface area contributed by atoms with Crippen molar-refractivity contribution >= 4 is 27.6 Å². The van der Waals surface area contributed by atoms with Gasteiger partial charge in [-0.3, -0.25) is 0 Å². The lowest BCUT2D eigenvalue weighted by Gasteiger charge is -2.13. The van der Waals surface area contributed by atoms with Crippen LogP contribution >= 0.6 is 15.9 Å². The summed E-state index contributed by atoms with van der Waals surface area (Å²) in [6.45, 7) is 1.94. The molecule has 0 fully saturated rings. The van der Waals surface area contributed by atoms with Gasteiger partial charge in [-0.15, -0.1) is 0 Å². The normalized spacial score (nSPS) is 10.2. The third-order valence-electron chi connectivity index (χ3n) is 2.65. The van der Waals surface area contributed by atoms with Gasteiger partial charge in [0.1, 0.15) is 17.1 Å². The Bertz CT molecular complexity index is 676. The topological polar surface area (TPSA) is 61.5 Å². The molecule has 110 valence electrons. The van der Waals surface area contributed by atoms with E-state index in [-0.39, 0.29) is 29.4 Å². The number of nitrogen functional groups attached to an aromatic ring is 1. The maximum atomic E-state index is 13.5. The van der Waals surface area contributed by atoms with E-state index < -0.39 is 11.8 Å². The molecule has 2 aromatic rings. The van der Waals surface area contributed by atoms with Gasteiger partial charge in [0.2, 0.25) is 0 Å². The molecule has 0 amide bonds. The van der Waals surface area contributed by atoms with Gasteiger partial charge in [-0.2, -0.15) is 0 Å². The van der Waals surface area contributed by atoms with Gasteiger partial charge in [0.05, 0.1) is 16.8 Å². The largest absolute Gasteiger partial charge is 0.462 e. The van der Waals surface area contributed by atoms with Crippen LogP contribution in [-0.4, -0.2) is 12.6 Å². The van der Waals surface area contributed by atoms with Crippen LogP contribution in [0.3, 0.4) is 0 Å². The van der Waals surface area contributed by atoms with Gasteiger partial charge in [-0.05, 0) is 47.1 Å². The number of hydrogen-bond donors (Lipinski definition) is 1. The first-order chi connectivity index (χ1) is 10.0. The van der Waals surface area contributed by atoms with Gasteiger partial charge < -0.3 is 15.2 Å². The Kier molecular flexibility index (Phi) is 4.80. The van der Waals surface area contributed by atoms with Gasteiger partial charge in [-0.1, -0.05) is 6.07 Å². The average Bonchev–Trinajstić information content (AvgIpc) is 2.45. The second kappa shape index (κ2) is 6.58. The summed E-state index contributed by atoms with van der Waals surface area (Å²) in [5.41, 5.74) is 6.30. The summed E-state index contributed by atoms with van der Waals surface area (Å²) < 4.78 is 24.3. The Morgan fingerprint density at radius 3 is 2.76 bits per heavy atom. The summed E-state index contributed by atoms with van der Waals surface area (Å²) in [6.07, 6.45) is 0. The van der Waals surface area contributed by atoms with Crippen molar-refractivity contribution in [3.05, 3.63) is 52.3 Å². The van der Waals surface area contributed by atoms with Crippen LogP contribution in [-0.2, 0) is 4.74 Å². The molecule has 0 aliphatic heterocycles. The van der Waals surface area contributed by atoms with Gasteiger partial charge in [0, 0.05) is 6.07 Å². The van der Waals surface area contributed by atoms with Crippen molar-refractivity contribution < 1.29 is 18.7 Å². The van der Waals surface area contributed by atoms with Crippen molar-refractivity contribution in [1.29, 1.82) is 0 Å². The van der Waals surface area contributed by atoms with Crippen LogP contribution in [0.4, 0.5) is 10.1 Å². The first kappa shape index (κ1) is 15.3. The standard InChI is InChI=1S/C15H13BrFNO3/c1-2-20-15(19)10-4-3-5-13(18)14(10)21-9-6-7-11(16)12(17)8-9/h3-8H,2,18H2,1H3. The summed E-state index contributed by atoms with van der Waals surface area (Å²) in [6, 6.07) is 9.02. The van der Waals surface area contributed by atoms with Crippen molar-refractivity contribution in [3.63, 3.8) is 0 Å². The molecule has 0 unspecified atom stereocenters. The smallest absolute Gasteiger partial charge is 0.342 e. The summed E-state index contributed by atoms with van der Waals surface area (Å²) in [5.74, 6) is -0.631. The summed E-state index contributed by atoms with van der Waals surface area (Å²) >= 11 is 3.06. The maximum absolute atomic E-state index is 13.5. The molecule has 0 atom stereocenters. The van der Waals surface area contributed by atoms with Gasteiger partial charge in [-0.25, -0.2) is 9.18 Å². The molecule has 0 saturated heterocycles. The highest BCUT2D eigenvalue weighted by Crippen LogP contribution is 2.33. The molecule has 2 N–H and O–H groups in total. The lowest BCUT2D eigenvalue weighted by molar-refractivity contribution is 0.0523. The highest BCUT2D eigenvalue weighted by atomic mass is 79.9. The maximum Gasteiger partial charge on any atom is 0.342 e. The first-order valence-electron chi connectivity index (χ1n) is 6.21. The highest BCUT2D eigenvalue weighted by molar-refractivity contribution is 9.10. The van der Waals surface area contributed by atoms with E-state index in [0.29, 0.717) is 4.47 Å². The SMILES string of the molecule is CCOC(=O)c1cccc(N)c1Oc1ccc(Br)c(F)c1. The van der Waals surface area contributed by atoms with Crippen LogP contribution in [0.5, 0.6) is 11.5 Å². The van der Waals surface area contributed by atoms with Gasteiger partial charge in [0.25, 0.3) is 0 Å². The molecule has 0 aliphatic rings. The number of halogens is 2. The van der Waals surface area contributed by atoms with E-state index in [1.165, 1.54) is 12.1 Å². The number of rotatable bonds is 4. The van der Waals surface area contributed by atoms with Crippen molar-refractivity contribution in [2.24, 2.45) is 0 Å². The molecule has 6 heteroatoms. The number of nitrogens with two attached hydrogens (primary N) is 1. The Hall–Kier alpha value is -2.08. The van der Waals surface area contributed by atoms with E-state index in [0.717, 1.165) is 0 Å². The minimum Gasteiger partial charge on any atom is -0.462 e. The summed E-state index contributed by atoms with van der Waals surface area (Å²) in [7, 11) is 0. The third kappa shape index (κ3) is 3.52. The second-order valence-electron chi connectivity index (χ2n) is 4.12. The number of esters is 1. The number of ether oxygens (including phenoxy) is 2. The molecular weight excluding hydrogens is 341 g/mol. The molecule has 4 nitrogen and oxygen atoms in total. The van der Waals surface area contributed by atoms with E-state index in [9.17, 15) is 9.18 Å². The zero-order valence-corrected chi connectivity index (χ0v) is 12.8. The summed E-state index contributed by atoms with van der Waals surface area (Å²) in [5, 5.41) is 0. The molecule has 0 spiro atoms. The Morgan fingerprint density at radius 1 is 1.33 bits per heavy atom. The predicted octanol–water partition coefficient (Wildman–Crippen LogP) is 4.14. The fourth-order valence-electron chi connectivity index (χ4n) is 1.70. The fraction of sp³-hybridized carbons (Fsp3) is 0.133. The molecule has 0 bridgehead atoms. The quantitative estimate of drug-likeness (QED) is 0.662. The molecule has 0 aromatic heterocycles. The van der Waals surface area contributed by atoms with Crippen LogP contribution in [0.1, 0.15) is 17.3 Å². The minimum absolute atomic E-state index is 0.151. The average molecular weight is 354 g/mol. The number of para-hydroxylation sites is 1. The highest BCUT2D eigenvalue weighted by Gasteiger charge is 2.17. The van der Waals surface area contributed by atoms with E-state index in [2.05, 4.69) is 15.9 Å². The van der Waals surface area contributed by atoms with Crippen molar-refractivity contribution in [3.8, 4) is 11.5 Å². The third-order valence-corrected chi connectivity index (χ3v) is 3.29. The van der Waals surface area contributed by atoms with Crippen LogP contribution in [0, 0.1) is 5.82 Å². The van der Waals surface area contributed by atoms with E-state index in [4.69, 9.17) is 15.2 Å². The second-order valence-corrected chi connectivity index (χ2v) is 4.98. The molecule has 0 aliphatic carbocycles. The monoisotopic (exact) mass is 353 g/mol. The zero-order chi connectivity index (χ0) is 15.4. The molecule has 2 aromatic carbocycles. The lowest BCUT2D eigenvalue weighted by Crippen LogP contribution is -2.08. The van der Waals surface area contributed by atoms with E-state index in [1.54, 1.807) is 31.2 Å². The molecule has 2 rings (SSSR count). The minimum atomic E-state index is -0.544. The molecular formula is C15H13BrFNO3. The lowest BCUT2D eigenvalue weighted by atomic mass is 10.1. The van der Waals surface area contributed by atoms with Crippen LogP contribution < -0.4 is 10.5 Å². The number of hydrogen-bond acceptors (Lipinski definition) is 4. The van der Waals surface area contributed by atoms with Crippen molar-refractivity contribution in [1.82, 2.24) is 0 Å². The molecule has 0 heterocycles. The molecule has 0 saturated carbocycles. The molecule has 21 heavy (non-hydrogen) atoms. The van der Waals surface area contributed by atoms with Crippen LogP contribution in [0.25, 0.3) is 0 Å². The van der Waals surface area contributed by atoms with E-state index in [1.807, 2.05) is 0 Å². The van der Waals surface area contributed by atoms with Crippen LogP contribution in [0.15, 0.2) is 40.9 Å². The fourth-order valence-corrected chi connectivity index (χ4v) is 1.94. The summed E-state index contributed by atoms with van der Waals surface area (Å²) in [4.78, 5) is 11.9. The Morgan fingerprint density at radius 2 is 2.10 bits per heavy atom. The zero-order valence-electron chi connectivity index (χ0n) is 11.2. The van der Waals surface area contributed by atoms with Gasteiger partial charge in [0.15, 0.2) is 5.75 Å². The number of anilines is 1. The number of carbonyl (C=O) groups excluding carboxylic acids is 1. The predicted molar refractivity (Wildman–Crippen MR) is 81.0 cm³/mol. The van der Waals surface area contributed by atoms with Crippen molar-refractivity contribution in [2.45, 2.75) is 6.92 Å². The van der Waals surface area contributed by atoms with Crippen LogP contribution in [0.2, 0.25) is 0 Å². The Labute approximate surface area is 129 Å². The first-order valence-corrected chi connectivity index (χ1v) is 7.00. The van der Waals surface area contributed by atoms with E-state index >= 15 is 0 Å². The number of carbonyl (C=O) groups is 1. The van der Waals surface area contributed by atoms with Crippen molar-refractivity contribution in [2.75, 3.05) is 12.3 Å². The Balaban J connectivity index is 2.38. The number of benzene rings is 2.